The lowest BCUT2D eigenvalue weighted by Crippen LogP contribution is -2.27. The number of aliphatic hydroxyl groups is 1. The first-order chi connectivity index (χ1) is 10.1. The quantitative estimate of drug-likeness (QED) is 0.614. The number of aliphatic hydroxyl groups excluding tert-OH is 1. The molecule has 0 aliphatic heterocycles. The minimum absolute atomic E-state index is 0.129. The molecule has 0 spiro atoms. The van der Waals surface area contributed by atoms with Gasteiger partial charge in [0.2, 0.25) is 0 Å². The van der Waals surface area contributed by atoms with E-state index in [4.69, 9.17) is 4.74 Å². The van der Waals surface area contributed by atoms with Gasteiger partial charge < -0.3 is 20.5 Å². The Morgan fingerprint density at radius 1 is 1.24 bits per heavy atom. The van der Waals surface area contributed by atoms with Gasteiger partial charge in [0.05, 0.1) is 0 Å². The van der Waals surface area contributed by atoms with Crippen LogP contribution in [0.5, 0.6) is 0 Å². The molecule has 1 heterocycles. The van der Waals surface area contributed by atoms with Gasteiger partial charge in [-0.05, 0) is 26.2 Å². The lowest BCUT2D eigenvalue weighted by molar-refractivity contribution is 0.128. The maximum Gasteiger partial charge on any atom is 0.158 e. The van der Waals surface area contributed by atoms with Crippen molar-refractivity contribution in [2.24, 2.45) is 5.92 Å². The number of nitrogens with zero attached hydrogens (tertiary/aromatic N) is 2. The molecule has 3 N–H and O–H groups in total. The zero-order chi connectivity index (χ0) is 15.7. The lowest BCUT2D eigenvalue weighted by Gasteiger charge is -2.20. The molecule has 1 aromatic heterocycles. The van der Waals surface area contributed by atoms with Gasteiger partial charge in [-0.3, -0.25) is 0 Å². The van der Waals surface area contributed by atoms with Crippen LogP contribution in [0.3, 0.4) is 0 Å². The largest absolute Gasteiger partial charge is 0.396 e. The number of rotatable bonds is 10. The predicted molar refractivity (Wildman–Crippen MR) is 85.5 cm³/mol. The van der Waals surface area contributed by atoms with E-state index in [0.717, 1.165) is 24.6 Å². The zero-order valence-electron chi connectivity index (χ0n) is 13.5. The first kappa shape index (κ1) is 17.7. The molecule has 6 heteroatoms. The summed E-state index contributed by atoms with van der Waals surface area (Å²) in [5.41, 5.74) is 0. The molecule has 2 atom stereocenters. The van der Waals surface area contributed by atoms with Crippen LogP contribution in [0.2, 0.25) is 0 Å². The predicted octanol–water partition coefficient (Wildman–Crippen LogP) is 2.26. The van der Waals surface area contributed by atoms with Crippen molar-refractivity contribution in [2.45, 2.75) is 46.8 Å². The van der Waals surface area contributed by atoms with Crippen molar-refractivity contribution in [2.75, 3.05) is 30.4 Å². The van der Waals surface area contributed by atoms with E-state index in [2.05, 4.69) is 27.5 Å². The Morgan fingerprint density at radius 3 is 2.57 bits per heavy atom. The van der Waals surface area contributed by atoms with Gasteiger partial charge in [0.15, 0.2) is 5.82 Å². The van der Waals surface area contributed by atoms with Gasteiger partial charge in [0, 0.05) is 31.9 Å². The van der Waals surface area contributed by atoms with Crippen LogP contribution >= 0.6 is 0 Å². The Hall–Kier alpha value is -1.40. The molecular formula is C15H28N4O2. The fourth-order valence-electron chi connectivity index (χ4n) is 1.71. The number of nitrogens with one attached hydrogen (secondary N) is 2. The van der Waals surface area contributed by atoms with Crippen LogP contribution in [0.25, 0.3) is 0 Å². The monoisotopic (exact) mass is 296 g/mol. The summed E-state index contributed by atoms with van der Waals surface area (Å²) in [7, 11) is 0. The van der Waals surface area contributed by atoms with Crippen LogP contribution in [0, 0.1) is 5.92 Å². The molecule has 0 fully saturated rings. The lowest BCUT2D eigenvalue weighted by atomic mass is 10.1. The minimum atomic E-state index is 0.129. The highest BCUT2D eigenvalue weighted by molar-refractivity contribution is 5.48. The van der Waals surface area contributed by atoms with E-state index in [9.17, 15) is 5.11 Å². The van der Waals surface area contributed by atoms with Gasteiger partial charge in [-0.15, -0.1) is 0 Å². The van der Waals surface area contributed by atoms with Crippen LogP contribution in [-0.2, 0) is 11.3 Å². The second-order valence-corrected chi connectivity index (χ2v) is 5.21. The molecule has 21 heavy (non-hydrogen) atoms. The molecule has 0 amide bonds. The Morgan fingerprint density at radius 2 is 1.95 bits per heavy atom. The third-order valence-corrected chi connectivity index (χ3v) is 3.28. The molecule has 0 aliphatic rings. The van der Waals surface area contributed by atoms with E-state index in [1.807, 2.05) is 26.8 Å². The van der Waals surface area contributed by atoms with Gasteiger partial charge in [-0.1, -0.05) is 13.8 Å². The van der Waals surface area contributed by atoms with E-state index in [1.54, 1.807) is 0 Å². The van der Waals surface area contributed by atoms with E-state index in [0.29, 0.717) is 19.0 Å². The summed E-state index contributed by atoms with van der Waals surface area (Å²) >= 11 is 0. The number of anilines is 2. The number of hydrogen-bond donors (Lipinski definition) is 3. The maximum absolute atomic E-state index is 9.22. The Labute approximate surface area is 127 Å². The summed E-state index contributed by atoms with van der Waals surface area (Å²) in [6.45, 7) is 10.1. The summed E-state index contributed by atoms with van der Waals surface area (Å²) < 4.78 is 5.39. The zero-order valence-corrected chi connectivity index (χ0v) is 13.5. The van der Waals surface area contributed by atoms with Gasteiger partial charge >= 0.3 is 0 Å². The van der Waals surface area contributed by atoms with E-state index < -0.39 is 0 Å². The summed E-state index contributed by atoms with van der Waals surface area (Å²) in [6, 6.07) is 2.02. The van der Waals surface area contributed by atoms with Crippen LogP contribution in [0.4, 0.5) is 11.6 Å². The maximum atomic E-state index is 9.22. The molecule has 1 aromatic rings. The van der Waals surface area contributed by atoms with Crippen molar-refractivity contribution in [1.29, 1.82) is 0 Å². The molecule has 6 nitrogen and oxygen atoms in total. The van der Waals surface area contributed by atoms with Crippen molar-refractivity contribution in [3.63, 3.8) is 0 Å². The minimum Gasteiger partial charge on any atom is -0.396 e. The average Bonchev–Trinajstić information content (AvgIpc) is 2.49. The van der Waals surface area contributed by atoms with Crippen LogP contribution in [0.1, 0.15) is 39.9 Å². The third-order valence-electron chi connectivity index (χ3n) is 3.28. The number of ether oxygens (including phenoxy) is 1. The Balaban J connectivity index is 2.84. The van der Waals surface area contributed by atoms with E-state index in [-0.39, 0.29) is 18.6 Å². The molecular weight excluding hydrogens is 268 g/mol. The smallest absolute Gasteiger partial charge is 0.158 e. The Kier molecular flexibility index (Phi) is 8.00. The molecule has 120 valence electrons. The van der Waals surface area contributed by atoms with Crippen molar-refractivity contribution >= 4 is 11.6 Å². The standard InChI is InChI=1S/C15H28N4O2/c1-5-7-16-13-8-14(17-12(4)11(3)9-20)19-15(18-13)10-21-6-2/h8,11-12,20H,5-7,9-10H2,1-4H3,(H2,16,17,18,19). The molecule has 2 unspecified atom stereocenters. The molecule has 0 radical (unpaired) electrons. The number of hydrogen-bond acceptors (Lipinski definition) is 6. The van der Waals surface area contributed by atoms with E-state index in [1.165, 1.54) is 0 Å². The Bertz CT molecular complexity index is 388. The third kappa shape index (κ3) is 6.27. The molecule has 0 aliphatic carbocycles. The molecule has 0 saturated heterocycles. The van der Waals surface area contributed by atoms with Crippen LogP contribution < -0.4 is 10.6 Å². The van der Waals surface area contributed by atoms with Crippen molar-refractivity contribution in [3.8, 4) is 0 Å². The van der Waals surface area contributed by atoms with Gasteiger partial charge in [0.25, 0.3) is 0 Å². The first-order valence-electron chi connectivity index (χ1n) is 7.67. The van der Waals surface area contributed by atoms with Crippen molar-refractivity contribution in [1.82, 2.24) is 9.97 Å². The number of aromatic nitrogens is 2. The summed E-state index contributed by atoms with van der Waals surface area (Å²) in [4.78, 5) is 8.91. The second kappa shape index (κ2) is 9.52. The van der Waals surface area contributed by atoms with Gasteiger partial charge in [0.1, 0.15) is 18.2 Å². The fourth-order valence-corrected chi connectivity index (χ4v) is 1.71. The second-order valence-electron chi connectivity index (χ2n) is 5.21. The normalized spacial score (nSPS) is 13.8. The highest BCUT2D eigenvalue weighted by Crippen LogP contribution is 2.15. The summed E-state index contributed by atoms with van der Waals surface area (Å²) in [6.07, 6.45) is 1.03. The van der Waals surface area contributed by atoms with Crippen molar-refractivity contribution < 1.29 is 9.84 Å². The highest BCUT2D eigenvalue weighted by atomic mass is 16.5. The van der Waals surface area contributed by atoms with Crippen LogP contribution in [0.15, 0.2) is 6.07 Å². The first-order valence-corrected chi connectivity index (χ1v) is 7.67. The topological polar surface area (TPSA) is 79.3 Å². The van der Waals surface area contributed by atoms with Gasteiger partial charge in [-0.2, -0.15) is 0 Å². The highest BCUT2D eigenvalue weighted by Gasteiger charge is 2.13. The van der Waals surface area contributed by atoms with E-state index >= 15 is 0 Å². The van der Waals surface area contributed by atoms with Gasteiger partial charge in [-0.25, -0.2) is 9.97 Å². The summed E-state index contributed by atoms with van der Waals surface area (Å²) in [5.74, 6) is 2.37. The SMILES string of the molecule is CCCNc1cc(NC(C)C(C)CO)nc(COCC)n1. The average molecular weight is 296 g/mol. The summed E-state index contributed by atoms with van der Waals surface area (Å²) in [5, 5.41) is 15.8. The molecule has 1 rings (SSSR count). The molecule has 0 saturated carbocycles. The van der Waals surface area contributed by atoms with Crippen molar-refractivity contribution in [3.05, 3.63) is 11.9 Å². The fraction of sp³-hybridized carbons (Fsp3) is 0.733. The van der Waals surface area contributed by atoms with Crippen LogP contribution in [-0.4, -0.2) is 40.9 Å². The molecule has 0 bridgehead atoms. The molecule has 0 aromatic carbocycles.